The number of nitrogens with two attached hydrogens (primary N) is 1. The molecule has 0 unspecified atom stereocenters. The van der Waals surface area contributed by atoms with Gasteiger partial charge in [0.2, 0.25) is 5.91 Å². The van der Waals surface area contributed by atoms with Crippen LogP contribution in [0.5, 0.6) is 0 Å². The van der Waals surface area contributed by atoms with E-state index >= 15 is 0 Å². The molecule has 6 heteroatoms. The van der Waals surface area contributed by atoms with Gasteiger partial charge in [-0.1, -0.05) is 45.7 Å². The number of nitrogens with one attached hydrogen (secondary N) is 1. The van der Waals surface area contributed by atoms with Gasteiger partial charge in [0.05, 0.1) is 0 Å². The van der Waals surface area contributed by atoms with Crippen LogP contribution < -0.4 is 11.1 Å². The Kier molecular flexibility index (Phi) is 5.34. The number of carbonyl (C=O) groups is 2. The molecule has 0 radical (unpaired) electrons. The fourth-order valence-electron chi connectivity index (χ4n) is 1.48. The molecular weight excluding hydrogens is 364 g/mol. The predicted molar refractivity (Wildman–Crippen MR) is 77.1 cm³/mol. The Morgan fingerprint density at radius 3 is 2.06 bits per heavy atom. The first-order chi connectivity index (χ1) is 8.31. The average molecular weight is 378 g/mol. The molecule has 0 aliphatic rings. The molecule has 2 amide bonds. The summed E-state index contributed by atoms with van der Waals surface area (Å²) in [5, 5.41) is 2.63. The molecule has 0 heterocycles. The van der Waals surface area contributed by atoms with Crippen molar-refractivity contribution in [3.63, 3.8) is 0 Å². The fourth-order valence-corrected chi connectivity index (χ4v) is 2.77. The molecule has 18 heavy (non-hydrogen) atoms. The van der Waals surface area contributed by atoms with Crippen molar-refractivity contribution >= 4 is 43.7 Å². The van der Waals surface area contributed by atoms with Gasteiger partial charge in [-0.3, -0.25) is 9.59 Å². The molecule has 0 bridgehead atoms. The zero-order valence-corrected chi connectivity index (χ0v) is 13.2. The summed E-state index contributed by atoms with van der Waals surface area (Å²) >= 11 is 6.61. The summed E-state index contributed by atoms with van der Waals surface area (Å²) in [5.41, 5.74) is 5.71. The lowest BCUT2D eigenvalue weighted by atomic mass is 10.0. The van der Waals surface area contributed by atoms with E-state index in [-0.39, 0.29) is 11.8 Å². The van der Waals surface area contributed by atoms with Crippen LogP contribution in [0, 0.1) is 5.92 Å². The van der Waals surface area contributed by atoms with Crippen LogP contribution in [0.3, 0.4) is 0 Å². The second-order valence-electron chi connectivity index (χ2n) is 4.26. The normalized spacial score (nSPS) is 12.3. The summed E-state index contributed by atoms with van der Waals surface area (Å²) in [6, 6.07) is 4.51. The summed E-state index contributed by atoms with van der Waals surface area (Å²) < 4.78 is 1.56. The molecule has 1 atom stereocenters. The molecule has 0 saturated carbocycles. The van der Waals surface area contributed by atoms with Gasteiger partial charge in [-0.15, -0.1) is 0 Å². The Bertz CT molecular complexity index is 455. The molecule has 0 aliphatic heterocycles. The quantitative estimate of drug-likeness (QED) is 0.845. The maximum absolute atomic E-state index is 12.0. The Hall–Kier alpha value is -0.880. The van der Waals surface area contributed by atoms with E-state index in [0.29, 0.717) is 5.56 Å². The van der Waals surface area contributed by atoms with Crippen LogP contribution in [-0.2, 0) is 4.79 Å². The Morgan fingerprint density at radius 1 is 1.17 bits per heavy atom. The lowest BCUT2D eigenvalue weighted by molar-refractivity contribution is -0.120. The van der Waals surface area contributed by atoms with E-state index in [1.807, 2.05) is 19.9 Å². The third-order valence-electron chi connectivity index (χ3n) is 2.38. The SMILES string of the molecule is CC(C)[C@@H](NC(=O)c1cc(Br)cc(Br)c1)C(N)=O. The molecule has 4 nitrogen and oxygen atoms in total. The van der Waals surface area contributed by atoms with Gasteiger partial charge in [0.1, 0.15) is 6.04 Å². The topological polar surface area (TPSA) is 72.2 Å². The maximum atomic E-state index is 12.0. The number of halogens is 2. The third kappa shape index (κ3) is 4.10. The van der Waals surface area contributed by atoms with Gasteiger partial charge >= 0.3 is 0 Å². The summed E-state index contributed by atoms with van der Waals surface area (Å²) in [5.74, 6) is -0.913. The first-order valence-corrected chi connectivity index (χ1v) is 6.96. The van der Waals surface area contributed by atoms with E-state index < -0.39 is 11.9 Å². The molecule has 0 aromatic heterocycles. The standard InChI is InChI=1S/C12H14Br2N2O2/c1-6(2)10(11(15)17)16-12(18)7-3-8(13)5-9(14)4-7/h3-6,10H,1-2H3,(H2,15,17)(H,16,18)/t10-/m1/s1. The lowest BCUT2D eigenvalue weighted by Crippen LogP contribution is -2.47. The first kappa shape index (κ1) is 15.2. The summed E-state index contributed by atoms with van der Waals surface area (Å²) in [7, 11) is 0. The van der Waals surface area contributed by atoms with Crippen LogP contribution in [0.15, 0.2) is 27.1 Å². The molecule has 1 aromatic carbocycles. The number of primary amides is 1. The zero-order valence-electron chi connectivity index (χ0n) is 10.0. The van der Waals surface area contributed by atoms with E-state index in [1.54, 1.807) is 12.1 Å². The highest BCUT2D eigenvalue weighted by Crippen LogP contribution is 2.20. The zero-order chi connectivity index (χ0) is 13.9. The summed E-state index contributed by atoms with van der Waals surface area (Å²) in [6.45, 7) is 3.65. The van der Waals surface area contributed by atoms with Crippen molar-refractivity contribution in [1.29, 1.82) is 0 Å². The van der Waals surface area contributed by atoms with Crippen LogP contribution in [-0.4, -0.2) is 17.9 Å². The van der Waals surface area contributed by atoms with Crippen LogP contribution in [0.4, 0.5) is 0 Å². The van der Waals surface area contributed by atoms with E-state index in [4.69, 9.17) is 5.73 Å². The molecule has 0 spiro atoms. The van der Waals surface area contributed by atoms with Crippen LogP contribution in [0.1, 0.15) is 24.2 Å². The predicted octanol–water partition coefficient (Wildman–Crippen LogP) is 2.45. The number of benzene rings is 1. The van der Waals surface area contributed by atoms with Gasteiger partial charge in [0.15, 0.2) is 0 Å². The molecule has 3 N–H and O–H groups in total. The minimum Gasteiger partial charge on any atom is -0.368 e. The second kappa shape index (κ2) is 6.33. The van der Waals surface area contributed by atoms with Gasteiger partial charge in [0, 0.05) is 14.5 Å². The Balaban J connectivity index is 2.90. The third-order valence-corrected chi connectivity index (χ3v) is 3.30. The first-order valence-electron chi connectivity index (χ1n) is 5.37. The van der Waals surface area contributed by atoms with Gasteiger partial charge < -0.3 is 11.1 Å². The van der Waals surface area contributed by atoms with Crippen molar-refractivity contribution in [2.75, 3.05) is 0 Å². The highest BCUT2D eigenvalue weighted by Gasteiger charge is 2.22. The molecular formula is C12H14Br2N2O2. The number of rotatable bonds is 4. The van der Waals surface area contributed by atoms with Crippen LogP contribution in [0.2, 0.25) is 0 Å². The van der Waals surface area contributed by atoms with Crippen molar-refractivity contribution in [1.82, 2.24) is 5.32 Å². The van der Waals surface area contributed by atoms with Crippen LogP contribution >= 0.6 is 31.9 Å². The summed E-state index contributed by atoms with van der Waals surface area (Å²) in [6.07, 6.45) is 0. The van der Waals surface area contributed by atoms with Gasteiger partial charge in [0.25, 0.3) is 5.91 Å². The Morgan fingerprint density at radius 2 is 1.67 bits per heavy atom. The lowest BCUT2D eigenvalue weighted by Gasteiger charge is -2.19. The van der Waals surface area contributed by atoms with Crippen molar-refractivity contribution in [2.24, 2.45) is 11.7 Å². The number of carbonyl (C=O) groups excluding carboxylic acids is 2. The Labute approximate surface area is 123 Å². The van der Waals surface area contributed by atoms with Crippen molar-refractivity contribution < 1.29 is 9.59 Å². The van der Waals surface area contributed by atoms with Gasteiger partial charge in [-0.05, 0) is 24.1 Å². The van der Waals surface area contributed by atoms with Gasteiger partial charge in [-0.25, -0.2) is 0 Å². The monoisotopic (exact) mass is 376 g/mol. The highest BCUT2D eigenvalue weighted by molar-refractivity contribution is 9.11. The maximum Gasteiger partial charge on any atom is 0.252 e. The molecule has 98 valence electrons. The largest absolute Gasteiger partial charge is 0.368 e. The second-order valence-corrected chi connectivity index (χ2v) is 6.09. The number of amides is 2. The molecule has 1 rings (SSSR count). The van der Waals surface area contributed by atoms with E-state index in [0.717, 1.165) is 8.95 Å². The van der Waals surface area contributed by atoms with E-state index in [1.165, 1.54) is 0 Å². The minimum atomic E-state index is -0.671. The molecule has 0 saturated heterocycles. The average Bonchev–Trinajstić information content (AvgIpc) is 2.23. The van der Waals surface area contributed by atoms with Gasteiger partial charge in [-0.2, -0.15) is 0 Å². The van der Waals surface area contributed by atoms with E-state index in [2.05, 4.69) is 37.2 Å². The number of hydrogen-bond donors (Lipinski definition) is 2. The van der Waals surface area contributed by atoms with Crippen LogP contribution in [0.25, 0.3) is 0 Å². The van der Waals surface area contributed by atoms with E-state index in [9.17, 15) is 9.59 Å². The fraction of sp³-hybridized carbons (Fsp3) is 0.333. The summed E-state index contributed by atoms with van der Waals surface area (Å²) in [4.78, 5) is 23.2. The molecule has 0 aliphatic carbocycles. The highest BCUT2D eigenvalue weighted by atomic mass is 79.9. The smallest absolute Gasteiger partial charge is 0.252 e. The molecule has 0 fully saturated rings. The number of hydrogen-bond acceptors (Lipinski definition) is 2. The van der Waals surface area contributed by atoms with Crippen molar-refractivity contribution in [3.05, 3.63) is 32.7 Å². The molecule has 1 aromatic rings. The van der Waals surface area contributed by atoms with Crippen molar-refractivity contribution in [2.45, 2.75) is 19.9 Å². The van der Waals surface area contributed by atoms with Crippen molar-refractivity contribution in [3.8, 4) is 0 Å². The minimum absolute atomic E-state index is 0.0537.